The summed E-state index contributed by atoms with van der Waals surface area (Å²) < 4.78 is 0. The first-order valence-electron chi connectivity index (χ1n) is 7.29. The Balaban J connectivity index is 2.00. The average Bonchev–Trinajstić information content (AvgIpc) is 2.35. The summed E-state index contributed by atoms with van der Waals surface area (Å²) in [5, 5.41) is 0. The van der Waals surface area contributed by atoms with E-state index in [0.717, 1.165) is 18.5 Å². The zero-order chi connectivity index (χ0) is 12.4. The predicted octanol–water partition coefficient (Wildman–Crippen LogP) is 1.53. The smallest absolute Gasteiger partial charge is 0.0195 e. The van der Waals surface area contributed by atoms with Crippen LogP contribution in [0.15, 0.2) is 0 Å². The molecule has 0 aromatic heterocycles. The molecule has 1 heterocycles. The lowest BCUT2D eigenvalue weighted by atomic mass is 9.82. The van der Waals surface area contributed by atoms with E-state index in [1.54, 1.807) is 0 Å². The van der Waals surface area contributed by atoms with E-state index in [4.69, 9.17) is 5.73 Å². The first kappa shape index (κ1) is 13.3. The van der Waals surface area contributed by atoms with Crippen molar-refractivity contribution >= 4 is 0 Å². The maximum absolute atomic E-state index is 5.96. The highest BCUT2D eigenvalue weighted by atomic mass is 15.3. The molecule has 3 nitrogen and oxygen atoms in total. The second-order valence-electron chi connectivity index (χ2n) is 6.17. The molecule has 1 aliphatic heterocycles. The van der Waals surface area contributed by atoms with Gasteiger partial charge in [-0.3, -0.25) is 9.80 Å². The number of rotatable bonds is 2. The Morgan fingerprint density at radius 3 is 2.24 bits per heavy atom. The van der Waals surface area contributed by atoms with Crippen LogP contribution in [-0.4, -0.2) is 54.6 Å². The number of piperazine rings is 1. The fraction of sp³-hybridized carbons (Fsp3) is 1.00. The van der Waals surface area contributed by atoms with Crippen molar-refractivity contribution in [3.63, 3.8) is 0 Å². The van der Waals surface area contributed by atoms with Gasteiger partial charge in [-0.05, 0) is 46.2 Å². The summed E-state index contributed by atoms with van der Waals surface area (Å²) in [5.41, 5.74) is 5.96. The van der Waals surface area contributed by atoms with Crippen molar-refractivity contribution in [2.75, 3.05) is 26.7 Å². The highest BCUT2D eigenvalue weighted by molar-refractivity contribution is 4.91. The van der Waals surface area contributed by atoms with Crippen LogP contribution < -0.4 is 5.73 Å². The van der Waals surface area contributed by atoms with Gasteiger partial charge in [-0.25, -0.2) is 0 Å². The molecule has 1 saturated carbocycles. The average molecular weight is 239 g/mol. The normalized spacial score (nSPS) is 41.6. The number of likely N-dealkylation sites (N-methyl/N-ethyl adjacent to an activating group) is 1. The number of hydrogen-bond donors (Lipinski definition) is 1. The Bertz CT molecular complexity index is 232. The van der Waals surface area contributed by atoms with E-state index in [2.05, 4.69) is 30.7 Å². The van der Waals surface area contributed by atoms with Crippen LogP contribution in [0.25, 0.3) is 0 Å². The molecule has 0 bridgehead atoms. The summed E-state index contributed by atoms with van der Waals surface area (Å²) in [6.07, 6.45) is 5.49. The quantitative estimate of drug-likeness (QED) is 0.793. The minimum atomic E-state index is 0.680. The lowest BCUT2D eigenvalue weighted by Crippen LogP contribution is -2.59. The SMILES string of the molecule is CC1CN(C2CCCCC2CN)CC(C)N1C. The summed E-state index contributed by atoms with van der Waals surface area (Å²) in [6.45, 7) is 8.02. The molecule has 0 spiro atoms. The Hall–Kier alpha value is -0.120. The topological polar surface area (TPSA) is 32.5 Å². The minimum absolute atomic E-state index is 0.680. The lowest BCUT2D eigenvalue weighted by Gasteiger charge is -2.48. The van der Waals surface area contributed by atoms with Crippen molar-refractivity contribution in [3.8, 4) is 0 Å². The number of hydrogen-bond acceptors (Lipinski definition) is 3. The van der Waals surface area contributed by atoms with E-state index in [1.165, 1.54) is 38.8 Å². The zero-order valence-electron chi connectivity index (χ0n) is 11.7. The summed E-state index contributed by atoms with van der Waals surface area (Å²) in [7, 11) is 2.26. The third-order valence-corrected chi connectivity index (χ3v) is 5.03. The molecule has 3 heteroatoms. The Morgan fingerprint density at radius 1 is 1.06 bits per heavy atom. The van der Waals surface area contributed by atoms with Crippen molar-refractivity contribution in [2.24, 2.45) is 11.7 Å². The first-order valence-corrected chi connectivity index (χ1v) is 7.29. The van der Waals surface area contributed by atoms with Crippen molar-refractivity contribution in [1.29, 1.82) is 0 Å². The molecular formula is C14H29N3. The molecule has 2 aliphatic rings. The van der Waals surface area contributed by atoms with Crippen molar-refractivity contribution in [2.45, 2.75) is 57.7 Å². The van der Waals surface area contributed by atoms with E-state index in [-0.39, 0.29) is 0 Å². The van der Waals surface area contributed by atoms with Gasteiger partial charge in [-0.15, -0.1) is 0 Å². The fourth-order valence-electron chi connectivity index (χ4n) is 3.66. The monoisotopic (exact) mass is 239 g/mol. The third-order valence-electron chi connectivity index (χ3n) is 5.03. The van der Waals surface area contributed by atoms with Crippen LogP contribution in [0.5, 0.6) is 0 Å². The van der Waals surface area contributed by atoms with Gasteiger partial charge in [-0.1, -0.05) is 12.8 Å². The molecule has 0 aromatic rings. The summed E-state index contributed by atoms with van der Waals surface area (Å²) in [5.74, 6) is 0.742. The van der Waals surface area contributed by atoms with Crippen LogP contribution in [0.3, 0.4) is 0 Å². The van der Waals surface area contributed by atoms with Gasteiger partial charge in [0.15, 0.2) is 0 Å². The molecule has 4 unspecified atom stereocenters. The van der Waals surface area contributed by atoms with Crippen LogP contribution in [-0.2, 0) is 0 Å². The van der Waals surface area contributed by atoms with E-state index in [0.29, 0.717) is 12.1 Å². The first-order chi connectivity index (χ1) is 8.13. The van der Waals surface area contributed by atoms with Gasteiger partial charge in [-0.2, -0.15) is 0 Å². The van der Waals surface area contributed by atoms with Crippen LogP contribution in [0, 0.1) is 5.92 Å². The van der Waals surface area contributed by atoms with Crippen molar-refractivity contribution < 1.29 is 0 Å². The maximum atomic E-state index is 5.96. The molecule has 0 amide bonds. The van der Waals surface area contributed by atoms with Gasteiger partial charge in [0.2, 0.25) is 0 Å². The lowest BCUT2D eigenvalue weighted by molar-refractivity contribution is 0.00545. The van der Waals surface area contributed by atoms with E-state index < -0.39 is 0 Å². The van der Waals surface area contributed by atoms with E-state index in [1.807, 2.05) is 0 Å². The standard InChI is InChI=1S/C14H29N3/c1-11-9-17(10-12(2)16(11)3)14-7-5-4-6-13(14)8-15/h11-14H,4-10,15H2,1-3H3. The summed E-state index contributed by atoms with van der Waals surface area (Å²) in [4.78, 5) is 5.24. The molecule has 1 saturated heterocycles. The fourth-order valence-corrected chi connectivity index (χ4v) is 3.66. The van der Waals surface area contributed by atoms with Gasteiger partial charge < -0.3 is 5.73 Å². The van der Waals surface area contributed by atoms with Gasteiger partial charge in [0.25, 0.3) is 0 Å². The van der Waals surface area contributed by atoms with Crippen LogP contribution in [0.4, 0.5) is 0 Å². The predicted molar refractivity (Wildman–Crippen MR) is 73.1 cm³/mol. The third kappa shape index (κ3) is 2.83. The zero-order valence-corrected chi connectivity index (χ0v) is 11.7. The highest BCUT2D eigenvalue weighted by Gasteiger charge is 2.35. The molecule has 0 radical (unpaired) electrons. The summed E-state index contributed by atoms with van der Waals surface area (Å²) >= 11 is 0. The minimum Gasteiger partial charge on any atom is -0.330 e. The molecule has 4 atom stereocenters. The van der Waals surface area contributed by atoms with Crippen LogP contribution in [0.1, 0.15) is 39.5 Å². The second-order valence-corrected chi connectivity index (χ2v) is 6.17. The molecule has 0 aromatic carbocycles. The molecule has 2 rings (SSSR count). The Labute approximate surface area is 106 Å². The van der Waals surface area contributed by atoms with Crippen molar-refractivity contribution in [3.05, 3.63) is 0 Å². The maximum Gasteiger partial charge on any atom is 0.0195 e. The molecule has 100 valence electrons. The van der Waals surface area contributed by atoms with Gasteiger partial charge in [0, 0.05) is 31.2 Å². The van der Waals surface area contributed by atoms with Gasteiger partial charge in [0.05, 0.1) is 0 Å². The van der Waals surface area contributed by atoms with Crippen molar-refractivity contribution in [1.82, 2.24) is 9.80 Å². The number of nitrogens with zero attached hydrogens (tertiary/aromatic N) is 2. The molecule has 2 fully saturated rings. The molecule has 17 heavy (non-hydrogen) atoms. The highest BCUT2D eigenvalue weighted by Crippen LogP contribution is 2.30. The largest absolute Gasteiger partial charge is 0.330 e. The molecular weight excluding hydrogens is 210 g/mol. The number of nitrogens with two attached hydrogens (primary N) is 1. The van der Waals surface area contributed by atoms with E-state index >= 15 is 0 Å². The van der Waals surface area contributed by atoms with E-state index in [9.17, 15) is 0 Å². The Kier molecular flexibility index (Phi) is 4.45. The van der Waals surface area contributed by atoms with Gasteiger partial charge >= 0.3 is 0 Å². The van der Waals surface area contributed by atoms with Crippen LogP contribution >= 0.6 is 0 Å². The Morgan fingerprint density at radius 2 is 1.65 bits per heavy atom. The molecule has 1 aliphatic carbocycles. The second kappa shape index (κ2) is 5.68. The summed E-state index contributed by atoms with van der Waals surface area (Å²) in [6, 6.07) is 2.12. The van der Waals surface area contributed by atoms with Gasteiger partial charge in [0.1, 0.15) is 0 Å². The molecule has 2 N–H and O–H groups in total. The van der Waals surface area contributed by atoms with Crippen LogP contribution in [0.2, 0.25) is 0 Å².